The van der Waals surface area contributed by atoms with Crippen LogP contribution >= 0.6 is 0 Å². The Kier molecular flexibility index (Phi) is 9.12. The molecule has 0 unspecified atom stereocenters. The van der Waals surface area contributed by atoms with Gasteiger partial charge in [0.25, 0.3) is 0 Å². The van der Waals surface area contributed by atoms with Gasteiger partial charge in [0.05, 0.1) is 0 Å². The van der Waals surface area contributed by atoms with Crippen LogP contribution in [-0.2, 0) is 20.9 Å². The minimum atomic E-state index is -0.824. The van der Waals surface area contributed by atoms with E-state index in [4.69, 9.17) is 15.2 Å². The summed E-state index contributed by atoms with van der Waals surface area (Å²) in [6.07, 6.45) is 0.365. The zero-order valence-electron chi connectivity index (χ0n) is 16.1. The number of amides is 3. The van der Waals surface area contributed by atoms with Crippen molar-refractivity contribution in [2.45, 2.75) is 58.3 Å². The fourth-order valence-corrected chi connectivity index (χ4v) is 2.17. The van der Waals surface area contributed by atoms with Gasteiger partial charge in [-0.25, -0.2) is 9.59 Å². The smallest absolute Gasteiger partial charge is 0.408 e. The Labute approximate surface area is 159 Å². The molecule has 150 valence electrons. The quantitative estimate of drug-likeness (QED) is 0.569. The SMILES string of the molecule is CC(C)(C)OC(=O)NCCCC[C@H](NC(=O)OCc1ccccc1)C(N)=O. The molecule has 0 saturated heterocycles. The van der Waals surface area contributed by atoms with Crippen molar-refractivity contribution in [2.24, 2.45) is 5.73 Å². The molecule has 1 aromatic carbocycles. The third-order valence-electron chi connectivity index (χ3n) is 3.44. The van der Waals surface area contributed by atoms with Gasteiger partial charge in [-0.05, 0) is 45.6 Å². The summed E-state index contributed by atoms with van der Waals surface area (Å²) in [5, 5.41) is 5.10. The van der Waals surface area contributed by atoms with Gasteiger partial charge in [0.1, 0.15) is 18.2 Å². The average Bonchev–Trinajstić information content (AvgIpc) is 2.57. The summed E-state index contributed by atoms with van der Waals surface area (Å²) in [6.45, 7) is 5.86. The van der Waals surface area contributed by atoms with E-state index >= 15 is 0 Å². The van der Waals surface area contributed by atoms with Crippen LogP contribution in [0.25, 0.3) is 0 Å². The summed E-state index contributed by atoms with van der Waals surface area (Å²) in [5.74, 6) is -0.633. The van der Waals surface area contributed by atoms with Crippen LogP contribution in [0.2, 0.25) is 0 Å². The van der Waals surface area contributed by atoms with Gasteiger partial charge in [0.2, 0.25) is 5.91 Å². The van der Waals surface area contributed by atoms with Gasteiger partial charge in [-0.15, -0.1) is 0 Å². The maximum absolute atomic E-state index is 11.8. The Hall–Kier alpha value is -2.77. The lowest BCUT2D eigenvalue weighted by molar-refractivity contribution is -0.120. The number of hydrogen-bond donors (Lipinski definition) is 3. The van der Waals surface area contributed by atoms with Crippen LogP contribution in [-0.4, -0.2) is 36.3 Å². The second-order valence-electron chi connectivity index (χ2n) is 7.09. The highest BCUT2D eigenvalue weighted by Gasteiger charge is 2.19. The van der Waals surface area contributed by atoms with Crippen molar-refractivity contribution in [3.05, 3.63) is 35.9 Å². The zero-order chi connectivity index (χ0) is 20.3. The number of alkyl carbamates (subject to hydrolysis) is 2. The van der Waals surface area contributed by atoms with E-state index in [9.17, 15) is 14.4 Å². The lowest BCUT2D eigenvalue weighted by atomic mass is 10.1. The summed E-state index contributed by atoms with van der Waals surface area (Å²) in [7, 11) is 0. The number of nitrogens with two attached hydrogens (primary N) is 1. The van der Waals surface area contributed by atoms with E-state index in [1.54, 1.807) is 20.8 Å². The van der Waals surface area contributed by atoms with Gasteiger partial charge >= 0.3 is 12.2 Å². The Morgan fingerprint density at radius 2 is 1.74 bits per heavy atom. The van der Waals surface area contributed by atoms with Gasteiger partial charge < -0.3 is 25.8 Å². The molecule has 0 bridgehead atoms. The molecule has 27 heavy (non-hydrogen) atoms. The van der Waals surface area contributed by atoms with Crippen LogP contribution in [0.1, 0.15) is 45.6 Å². The maximum atomic E-state index is 11.8. The summed E-state index contributed by atoms with van der Waals surface area (Å²) < 4.78 is 10.2. The maximum Gasteiger partial charge on any atom is 0.408 e. The number of carbonyl (C=O) groups excluding carboxylic acids is 3. The Bertz CT molecular complexity index is 614. The minimum Gasteiger partial charge on any atom is -0.445 e. The molecule has 0 aromatic heterocycles. The van der Waals surface area contributed by atoms with Gasteiger partial charge in [-0.1, -0.05) is 30.3 Å². The van der Waals surface area contributed by atoms with Crippen molar-refractivity contribution >= 4 is 18.1 Å². The number of carbonyl (C=O) groups is 3. The molecule has 1 atom stereocenters. The van der Waals surface area contributed by atoms with Crippen LogP contribution < -0.4 is 16.4 Å². The molecule has 0 saturated carbocycles. The second-order valence-corrected chi connectivity index (χ2v) is 7.09. The molecular weight excluding hydrogens is 350 g/mol. The van der Waals surface area contributed by atoms with Gasteiger partial charge in [-0.3, -0.25) is 4.79 Å². The molecular formula is C19H29N3O5. The molecule has 0 fully saturated rings. The highest BCUT2D eigenvalue weighted by atomic mass is 16.6. The van der Waals surface area contributed by atoms with Crippen LogP contribution in [0.5, 0.6) is 0 Å². The van der Waals surface area contributed by atoms with Crippen molar-refractivity contribution in [3.8, 4) is 0 Å². The van der Waals surface area contributed by atoms with E-state index in [-0.39, 0.29) is 6.61 Å². The van der Waals surface area contributed by atoms with Crippen molar-refractivity contribution in [2.75, 3.05) is 6.54 Å². The molecule has 0 heterocycles. The summed E-state index contributed by atoms with van der Waals surface area (Å²) in [4.78, 5) is 34.8. The van der Waals surface area contributed by atoms with E-state index in [0.29, 0.717) is 25.8 Å². The second kappa shape index (κ2) is 11.1. The number of unbranched alkanes of at least 4 members (excludes halogenated alkanes) is 1. The molecule has 8 heteroatoms. The van der Waals surface area contributed by atoms with Gasteiger partial charge in [-0.2, -0.15) is 0 Å². The molecule has 1 aromatic rings. The predicted octanol–water partition coefficient (Wildman–Crippen LogP) is 2.46. The number of nitrogens with one attached hydrogen (secondary N) is 2. The Balaban J connectivity index is 2.26. The third-order valence-corrected chi connectivity index (χ3v) is 3.44. The Morgan fingerprint density at radius 1 is 1.07 bits per heavy atom. The number of hydrogen-bond acceptors (Lipinski definition) is 5. The summed E-state index contributed by atoms with van der Waals surface area (Å²) >= 11 is 0. The van der Waals surface area contributed by atoms with Crippen molar-refractivity contribution < 1.29 is 23.9 Å². The highest BCUT2D eigenvalue weighted by molar-refractivity contribution is 5.84. The molecule has 0 aliphatic carbocycles. The molecule has 0 aliphatic rings. The molecule has 0 aliphatic heterocycles. The fraction of sp³-hybridized carbons (Fsp3) is 0.526. The number of primary amides is 1. The standard InChI is InChI=1S/C19H29N3O5/c1-19(2,3)27-17(24)21-12-8-7-11-15(16(20)23)22-18(25)26-13-14-9-5-4-6-10-14/h4-6,9-10,15H,7-8,11-13H2,1-3H3,(H2,20,23)(H,21,24)(H,22,25)/t15-/m0/s1. The largest absolute Gasteiger partial charge is 0.445 e. The lowest BCUT2D eigenvalue weighted by Gasteiger charge is -2.19. The van der Waals surface area contributed by atoms with Crippen LogP contribution in [0, 0.1) is 0 Å². The summed E-state index contributed by atoms with van der Waals surface area (Å²) in [6, 6.07) is 8.38. The van der Waals surface area contributed by atoms with E-state index in [1.807, 2.05) is 30.3 Å². The Morgan fingerprint density at radius 3 is 2.33 bits per heavy atom. The van der Waals surface area contributed by atoms with E-state index in [1.165, 1.54) is 0 Å². The first kappa shape index (κ1) is 22.3. The lowest BCUT2D eigenvalue weighted by Crippen LogP contribution is -2.44. The zero-order valence-corrected chi connectivity index (χ0v) is 16.1. The third kappa shape index (κ3) is 10.7. The molecule has 4 N–H and O–H groups in total. The first-order valence-corrected chi connectivity index (χ1v) is 8.91. The van der Waals surface area contributed by atoms with Crippen LogP contribution in [0.4, 0.5) is 9.59 Å². The monoisotopic (exact) mass is 379 g/mol. The summed E-state index contributed by atoms with van der Waals surface area (Å²) in [5.41, 5.74) is 5.62. The van der Waals surface area contributed by atoms with Crippen molar-refractivity contribution in [1.29, 1.82) is 0 Å². The van der Waals surface area contributed by atoms with E-state index in [2.05, 4.69) is 10.6 Å². The number of rotatable bonds is 9. The van der Waals surface area contributed by atoms with Gasteiger partial charge in [0.15, 0.2) is 0 Å². The van der Waals surface area contributed by atoms with E-state index < -0.39 is 29.7 Å². The van der Waals surface area contributed by atoms with Gasteiger partial charge in [0, 0.05) is 6.54 Å². The molecule has 3 amide bonds. The number of benzene rings is 1. The van der Waals surface area contributed by atoms with Crippen LogP contribution in [0.15, 0.2) is 30.3 Å². The predicted molar refractivity (Wildman–Crippen MR) is 101 cm³/mol. The molecule has 0 radical (unpaired) electrons. The topological polar surface area (TPSA) is 120 Å². The highest BCUT2D eigenvalue weighted by Crippen LogP contribution is 2.07. The number of ether oxygens (including phenoxy) is 2. The molecule has 0 spiro atoms. The fourth-order valence-electron chi connectivity index (χ4n) is 2.17. The van der Waals surface area contributed by atoms with Crippen molar-refractivity contribution in [3.63, 3.8) is 0 Å². The van der Waals surface area contributed by atoms with E-state index in [0.717, 1.165) is 5.56 Å². The minimum absolute atomic E-state index is 0.109. The van der Waals surface area contributed by atoms with Crippen molar-refractivity contribution in [1.82, 2.24) is 10.6 Å². The molecule has 8 nitrogen and oxygen atoms in total. The normalized spacial score (nSPS) is 12.0. The van der Waals surface area contributed by atoms with Crippen LogP contribution in [0.3, 0.4) is 0 Å². The molecule has 1 rings (SSSR count). The first-order chi connectivity index (χ1) is 12.7. The first-order valence-electron chi connectivity index (χ1n) is 8.91. The average molecular weight is 379 g/mol.